The molecule has 1 saturated heterocycles. The van der Waals surface area contributed by atoms with Gasteiger partial charge in [0.05, 0.1) is 26.4 Å². The van der Waals surface area contributed by atoms with Crippen molar-refractivity contribution in [2.24, 2.45) is 0 Å². The molecule has 0 unspecified atom stereocenters. The van der Waals surface area contributed by atoms with Crippen molar-refractivity contribution in [2.45, 2.75) is 12.6 Å². The summed E-state index contributed by atoms with van der Waals surface area (Å²) in [5.41, 5.74) is 1.91. The Kier molecular flexibility index (Phi) is 7.01. The first kappa shape index (κ1) is 19.1. The number of hydrogen-bond acceptors (Lipinski definition) is 5. The summed E-state index contributed by atoms with van der Waals surface area (Å²) in [6.45, 7) is 4.31. The molecule has 1 fully saturated rings. The molecule has 1 atom stereocenters. The topological polar surface area (TPSA) is 75.7 Å². The van der Waals surface area contributed by atoms with Crippen LogP contribution in [0.15, 0.2) is 48.7 Å². The van der Waals surface area contributed by atoms with Gasteiger partial charge in [0.1, 0.15) is 0 Å². The molecule has 0 bridgehead atoms. The molecular weight excluding hydrogens is 344 g/mol. The van der Waals surface area contributed by atoms with Crippen LogP contribution in [-0.4, -0.2) is 55.9 Å². The summed E-state index contributed by atoms with van der Waals surface area (Å²) >= 11 is 0. The third-order valence-electron chi connectivity index (χ3n) is 4.53. The fourth-order valence-corrected chi connectivity index (χ4v) is 3.09. The van der Waals surface area contributed by atoms with E-state index in [0.717, 1.165) is 44.0 Å². The summed E-state index contributed by atoms with van der Waals surface area (Å²) in [6, 6.07) is 13.4. The number of rotatable bonds is 7. The van der Waals surface area contributed by atoms with E-state index in [1.54, 1.807) is 13.3 Å². The van der Waals surface area contributed by atoms with Gasteiger partial charge in [-0.05, 0) is 11.6 Å². The average molecular weight is 370 g/mol. The minimum atomic E-state index is -0.219. The molecule has 144 valence electrons. The number of carbonyl (C=O) groups excluding carboxylic acids is 1. The van der Waals surface area contributed by atoms with E-state index < -0.39 is 0 Å². The predicted octanol–water partition coefficient (Wildman–Crippen LogP) is 1.96. The fourth-order valence-electron chi connectivity index (χ4n) is 3.09. The van der Waals surface area contributed by atoms with Crippen LogP contribution in [0.25, 0.3) is 0 Å². The Morgan fingerprint density at radius 1 is 1.22 bits per heavy atom. The van der Waals surface area contributed by atoms with Gasteiger partial charge in [0, 0.05) is 37.9 Å². The maximum absolute atomic E-state index is 12.5. The zero-order chi connectivity index (χ0) is 18.9. The van der Waals surface area contributed by atoms with Crippen LogP contribution in [0.3, 0.4) is 0 Å². The van der Waals surface area contributed by atoms with Crippen LogP contribution in [-0.2, 0) is 11.3 Å². The molecular formula is C20H26N4O3. The van der Waals surface area contributed by atoms with E-state index in [1.165, 1.54) is 0 Å². The van der Waals surface area contributed by atoms with Crippen LogP contribution in [0.2, 0.25) is 0 Å². The number of hydrogen-bond donors (Lipinski definition) is 2. The Morgan fingerprint density at radius 2 is 2.00 bits per heavy atom. The number of amides is 2. The lowest BCUT2D eigenvalue weighted by atomic mass is 10.1. The zero-order valence-corrected chi connectivity index (χ0v) is 15.6. The highest BCUT2D eigenvalue weighted by molar-refractivity contribution is 5.74. The molecule has 0 aliphatic carbocycles. The van der Waals surface area contributed by atoms with Crippen LogP contribution in [0.5, 0.6) is 5.88 Å². The van der Waals surface area contributed by atoms with Gasteiger partial charge in [-0.3, -0.25) is 4.90 Å². The first-order chi connectivity index (χ1) is 13.3. The van der Waals surface area contributed by atoms with Crippen LogP contribution in [0, 0.1) is 0 Å². The van der Waals surface area contributed by atoms with Gasteiger partial charge in [-0.2, -0.15) is 0 Å². The van der Waals surface area contributed by atoms with Crippen molar-refractivity contribution >= 4 is 6.03 Å². The standard InChI is InChI=1S/C20H26N4O3/c1-26-19-17(8-5-9-21-19)14-22-20(25)23-18(16-6-3-2-4-7-16)15-24-10-12-27-13-11-24/h2-9,18H,10-15H2,1H3,(H2,22,23,25)/t18-/m0/s1. The number of morpholine rings is 1. The van der Waals surface area contributed by atoms with Crippen molar-refractivity contribution < 1.29 is 14.3 Å². The van der Waals surface area contributed by atoms with Gasteiger partial charge in [-0.15, -0.1) is 0 Å². The second-order valence-electron chi connectivity index (χ2n) is 6.38. The lowest BCUT2D eigenvalue weighted by Crippen LogP contribution is -2.45. The molecule has 2 heterocycles. The molecule has 0 radical (unpaired) electrons. The number of benzene rings is 1. The van der Waals surface area contributed by atoms with E-state index >= 15 is 0 Å². The number of aromatic nitrogens is 1. The predicted molar refractivity (Wildman–Crippen MR) is 103 cm³/mol. The first-order valence-electron chi connectivity index (χ1n) is 9.13. The van der Waals surface area contributed by atoms with Crippen LogP contribution in [0.1, 0.15) is 17.2 Å². The molecule has 2 aromatic rings. The molecule has 1 aromatic heterocycles. The third-order valence-corrected chi connectivity index (χ3v) is 4.53. The van der Waals surface area contributed by atoms with Crippen molar-refractivity contribution in [1.29, 1.82) is 0 Å². The highest BCUT2D eigenvalue weighted by Gasteiger charge is 2.20. The second kappa shape index (κ2) is 9.89. The van der Waals surface area contributed by atoms with Gasteiger partial charge in [0.2, 0.25) is 5.88 Å². The quantitative estimate of drug-likeness (QED) is 0.779. The Balaban J connectivity index is 1.61. The van der Waals surface area contributed by atoms with Gasteiger partial charge < -0.3 is 20.1 Å². The summed E-state index contributed by atoms with van der Waals surface area (Å²) in [7, 11) is 1.57. The minimum Gasteiger partial charge on any atom is -0.481 e. The molecule has 1 aliphatic rings. The Hall–Kier alpha value is -2.64. The van der Waals surface area contributed by atoms with E-state index in [1.807, 2.05) is 42.5 Å². The number of methoxy groups -OCH3 is 1. The maximum atomic E-state index is 12.5. The Bertz CT molecular complexity index is 720. The number of nitrogens with zero attached hydrogens (tertiary/aromatic N) is 2. The summed E-state index contributed by atoms with van der Waals surface area (Å²) in [5.74, 6) is 0.519. The number of pyridine rings is 1. The molecule has 2 amide bonds. The van der Waals surface area contributed by atoms with Crippen molar-refractivity contribution in [3.8, 4) is 5.88 Å². The van der Waals surface area contributed by atoms with Crippen molar-refractivity contribution in [3.05, 3.63) is 59.8 Å². The molecule has 3 rings (SSSR count). The van der Waals surface area contributed by atoms with Gasteiger partial charge in [-0.25, -0.2) is 9.78 Å². The molecule has 2 N–H and O–H groups in total. The van der Waals surface area contributed by atoms with Crippen molar-refractivity contribution in [2.75, 3.05) is 40.0 Å². The van der Waals surface area contributed by atoms with Crippen LogP contribution >= 0.6 is 0 Å². The first-order valence-corrected chi connectivity index (χ1v) is 9.13. The summed E-state index contributed by atoms with van der Waals surface area (Å²) in [6.07, 6.45) is 1.66. The van der Waals surface area contributed by atoms with Gasteiger partial charge in [-0.1, -0.05) is 36.4 Å². The number of ether oxygens (including phenoxy) is 2. The van der Waals surface area contributed by atoms with Gasteiger partial charge >= 0.3 is 6.03 Å². The van der Waals surface area contributed by atoms with Crippen molar-refractivity contribution in [1.82, 2.24) is 20.5 Å². The Labute approximate surface area is 159 Å². The monoisotopic (exact) mass is 370 g/mol. The van der Waals surface area contributed by atoms with Crippen molar-refractivity contribution in [3.63, 3.8) is 0 Å². The largest absolute Gasteiger partial charge is 0.481 e. The minimum absolute atomic E-state index is 0.0971. The lowest BCUT2D eigenvalue weighted by molar-refractivity contribution is 0.0340. The maximum Gasteiger partial charge on any atom is 0.315 e. The second-order valence-corrected chi connectivity index (χ2v) is 6.38. The normalized spacial score (nSPS) is 15.7. The Morgan fingerprint density at radius 3 is 2.74 bits per heavy atom. The summed E-state index contributed by atoms with van der Waals surface area (Å²) < 4.78 is 10.6. The van der Waals surface area contributed by atoms with E-state index in [0.29, 0.717) is 12.4 Å². The number of carbonyl (C=O) groups is 1. The zero-order valence-electron chi connectivity index (χ0n) is 15.6. The molecule has 1 aliphatic heterocycles. The number of nitrogens with one attached hydrogen (secondary N) is 2. The van der Waals surface area contributed by atoms with E-state index in [2.05, 4.69) is 20.5 Å². The molecule has 0 spiro atoms. The van der Waals surface area contributed by atoms with Gasteiger partial charge in [0.25, 0.3) is 0 Å². The number of urea groups is 1. The van der Waals surface area contributed by atoms with Crippen LogP contribution < -0.4 is 15.4 Å². The van der Waals surface area contributed by atoms with E-state index in [4.69, 9.17) is 9.47 Å². The van der Waals surface area contributed by atoms with E-state index in [-0.39, 0.29) is 12.1 Å². The van der Waals surface area contributed by atoms with Gasteiger partial charge in [0.15, 0.2) is 0 Å². The third kappa shape index (κ3) is 5.67. The summed E-state index contributed by atoms with van der Waals surface area (Å²) in [5, 5.41) is 5.99. The molecule has 7 nitrogen and oxygen atoms in total. The molecule has 27 heavy (non-hydrogen) atoms. The highest BCUT2D eigenvalue weighted by atomic mass is 16.5. The summed E-state index contributed by atoms with van der Waals surface area (Å²) in [4.78, 5) is 19.0. The highest BCUT2D eigenvalue weighted by Crippen LogP contribution is 2.16. The molecule has 0 saturated carbocycles. The average Bonchev–Trinajstić information content (AvgIpc) is 2.73. The molecule has 1 aromatic carbocycles. The van der Waals surface area contributed by atoms with E-state index in [9.17, 15) is 4.79 Å². The SMILES string of the molecule is COc1ncccc1CNC(=O)N[C@@H](CN1CCOCC1)c1ccccc1. The lowest BCUT2D eigenvalue weighted by Gasteiger charge is -2.31. The van der Waals surface area contributed by atoms with Crippen LogP contribution in [0.4, 0.5) is 4.79 Å². The molecule has 7 heteroatoms. The fraction of sp³-hybridized carbons (Fsp3) is 0.400. The smallest absolute Gasteiger partial charge is 0.315 e.